The fraction of sp³-hybridized carbons (Fsp3) is 0.300. The van der Waals surface area contributed by atoms with Crippen molar-refractivity contribution in [2.75, 3.05) is 5.73 Å². The Bertz CT molecular complexity index is 360. The van der Waals surface area contributed by atoms with Crippen LogP contribution in [-0.2, 0) is 11.2 Å². The Morgan fingerprint density at radius 1 is 1.54 bits per heavy atom. The smallest absolute Gasteiger partial charge is 0.310 e. The summed E-state index contributed by atoms with van der Waals surface area (Å²) in [5.74, 6) is -1.09. The van der Waals surface area contributed by atoms with Crippen molar-refractivity contribution in [3.63, 3.8) is 0 Å². The van der Waals surface area contributed by atoms with Crippen LogP contribution in [-0.4, -0.2) is 11.1 Å². The number of benzene rings is 1. The minimum atomic E-state index is -0.746. The molecule has 3 heteroatoms. The highest BCUT2D eigenvalue weighted by Crippen LogP contribution is 2.35. The van der Waals surface area contributed by atoms with Crippen LogP contribution in [0.2, 0.25) is 0 Å². The maximum absolute atomic E-state index is 10.8. The zero-order valence-electron chi connectivity index (χ0n) is 7.16. The maximum Gasteiger partial charge on any atom is 0.310 e. The first kappa shape index (κ1) is 8.10. The largest absolute Gasteiger partial charge is 0.481 e. The molecule has 1 atom stereocenters. The van der Waals surface area contributed by atoms with Gasteiger partial charge in [-0.05, 0) is 30.0 Å². The molecule has 1 unspecified atom stereocenters. The van der Waals surface area contributed by atoms with Gasteiger partial charge in [0.1, 0.15) is 0 Å². The molecule has 0 amide bonds. The molecular weight excluding hydrogens is 166 g/mol. The van der Waals surface area contributed by atoms with E-state index in [-0.39, 0.29) is 5.92 Å². The SMILES string of the molecule is Nc1cccc2c1CCC2C(=O)O. The number of hydrogen-bond donors (Lipinski definition) is 2. The number of carboxylic acid groups (broad SMARTS) is 1. The van der Waals surface area contributed by atoms with Gasteiger partial charge in [0.25, 0.3) is 0 Å². The molecule has 0 bridgehead atoms. The number of carbonyl (C=O) groups is 1. The molecule has 0 aromatic heterocycles. The van der Waals surface area contributed by atoms with Crippen molar-refractivity contribution in [1.82, 2.24) is 0 Å². The van der Waals surface area contributed by atoms with Gasteiger partial charge in [0, 0.05) is 5.69 Å². The summed E-state index contributed by atoms with van der Waals surface area (Å²) in [7, 11) is 0. The van der Waals surface area contributed by atoms with Gasteiger partial charge >= 0.3 is 5.97 Å². The molecule has 1 aliphatic carbocycles. The van der Waals surface area contributed by atoms with Gasteiger partial charge in [0.2, 0.25) is 0 Å². The van der Waals surface area contributed by atoms with Gasteiger partial charge < -0.3 is 10.8 Å². The fourth-order valence-electron chi connectivity index (χ4n) is 1.94. The van der Waals surface area contributed by atoms with Crippen LogP contribution in [0.3, 0.4) is 0 Å². The van der Waals surface area contributed by atoms with Crippen LogP contribution < -0.4 is 5.73 Å². The highest BCUT2D eigenvalue weighted by atomic mass is 16.4. The van der Waals surface area contributed by atoms with E-state index < -0.39 is 5.97 Å². The number of carboxylic acids is 1. The molecule has 1 aromatic rings. The van der Waals surface area contributed by atoms with E-state index in [0.29, 0.717) is 6.42 Å². The summed E-state index contributed by atoms with van der Waals surface area (Å²) in [6.07, 6.45) is 1.47. The summed E-state index contributed by atoms with van der Waals surface area (Å²) in [5.41, 5.74) is 8.38. The van der Waals surface area contributed by atoms with Crippen molar-refractivity contribution in [3.8, 4) is 0 Å². The van der Waals surface area contributed by atoms with Crippen LogP contribution in [0, 0.1) is 0 Å². The number of aliphatic carboxylic acids is 1. The third-order valence-corrected chi connectivity index (χ3v) is 2.61. The number of nitrogens with two attached hydrogens (primary N) is 1. The van der Waals surface area contributed by atoms with E-state index in [1.54, 1.807) is 0 Å². The molecule has 3 nitrogen and oxygen atoms in total. The van der Waals surface area contributed by atoms with Gasteiger partial charge in [0.15, 0.2) is 0 Å². The predicted molar refractivity (Wildman–Crippen MR) is 49.6 cm³/mol. The minimum absolute atomic E-state index is 0.349. The number of rotatable bonds is 1. The van der Waals surface area contributed by atoms with Crippen LogP contribution in [0.5, 0.6) is 0 Å². The first-order valence-corrected chi connectivity index (χ1v) is 4.30. The molecule has 0 heterocycles. The van der Waals surface area contributed by atoms with E-state index in [9.17, 15) is 4.79 Å². The van der Waals surface area contributed by atoms with Crippen molar-refractivity contribution in [3.05, 3.63) is 29.3 Å². The van der Waals surface area contributed by atoms with Crippen LogP contribution in [0.4, 0.5) is 5.69 Å². The summed E-state index contributed by atoms with van der Waals surface area (Å²) >= 11 is 0. The zero-order valence-corrected chi connectivity index (χ0v) is 7.16. The Hall–Kier alpha value is -1.51. The van der Waals surface area contributed by atoms with E-state index in [4.69, 9.17) is 10.8 Å². The van der Waals surface area contributed by atoms with Crippen molar-refractivity contribution in [2.24, 2.45) is 0 Å². The molecule has 13 heavy (non-hydrogen) atoms. The molecule has 0 radical (unpaired) electrons. The van der Waals surface area contributed by atoms with E-state index in [1.165, 1.54) is 0 Å². The van der Waals surface area contributed by atoms with Gasteiger partial charge in [0.05, 0.1) is 5.92 Å². The van der Waals surface area contributed by atoms with Gasteiger partial charge in [-0.3, -0.25) is 4.79 Å². The second-order valence-electron chi connectivity index (χ2n) is 3.34. The number of hydrogen-bond acceptors (Lipinski definition) is 2. The molecule has 2 rings (SSSR count). The summed E-state index contributed by atoms with van der Waals surface area (Å²) in [5, 5.41) is 8.91. The summed E-state index contributed by atoms with van der Waals surface area (Å²) < 4.78 is 0. The highest BCUT2D eigenvalue weighted by molar-refractivity contribution is 5.79. The third kappa shape index (κ3) is 1.16. The highest BCUT2D eigenvalue weighted by Gasteiger charge is 2.28. The molecule has 0 aliphatic heterocycles. The Morgan fingerprint density at radius 2 is 2.31 bits per heavy atom. The molecular formula is C10H11NO2. The Kier molecular flexibility index (Phi) is 1.72. The van der Waals surface area contributed by atoms with Crippen LogP contribution in [0.25, 0.3) is 0 Å². The van der Waals surface area contributed by atoms with Crippen LogP contribution in [0.15, 0.2) is 18.2 Å². The van der Waals surface area contributed by atoms with Gasteiger partial charge in [-0.15, -0.1) is 0 Å². The Labute approximate surface area is 76.2 Å². The monoisotopic (exact) mass is 177 g/mol. The lowest BCUT2D eigenvalue weighted by Gasteiger charge is -2.06. The van der Waals surface area contributed by atoms with E-state index in [1.807, 2.05) is 18.2 Å². The van der Waals surface area contributed by atoms with Crippen molar-refractivity contribution in [1.29, 1.82) is 0 Å². The second kappa shape index (κ2) is 2.76. The summed E-state index contributed by atoms with van der Waals surface area (Å²) in [6.45, 7) is 0. The standard InChI is InChI=1S/C10H11NO2/c11-9-3-1-2-6-7(9)4-5-8(6)10(12)13/h1-3,8H,4-5,11H2,(H,12,13). The summed E-state index contributed by atoms with van der Waals surface area (Å²) in [6, 6.07) is 5.50. The third-order valence-electron chi connectivity index (χ3n) is 2.61. The van der Waals surface area contributed by atoms with Crippen molar-refractivity contribution in [2.45, 2.75) is 18.8 Å². The van der Waals surface area contributed by atoms with Crippen molar-refractivity contribution < 1.29 is 9.90 Å². The average molecular weight is 177 g/mol. The van der Waals surface area contributed by atoms with Gasteiger partial charge in [-0.2, -0.15) is 0 Å². The fourth-order valence-corrected chi connectivity index (χ4v) is 1.94. The Morgan fingerprint density at radius 3 is 3.00 bits per heavy atom. The van der Waals surface area contributed by atoms with Crippen LogP contribution in [0.1, 0.15) is 23.5 Å². The van der Waals surface area contributed by atoms with Crippen LogP contribution >= 0.6 is 0 Å². The maximum atomic E-state index is 10.8. The topological polar surface area (TPSA) is 63.3 Å². The van der Waals surface area contributed by atoms with Gasteiger partial charge in [-0.1, -0.05) is 12.1 Å². The quantitative estimate of drug-likeness (QED) is 0.637. The lowest BCUT2D eigenvalue weighted by molar-refractivity contribution is -0.138. The number of nitrogen functional groups attached to an aromatic ring is 1. The lowest BCUT2D eigenvalue weighted by atomic mass is 10.0. The van der Waals surface area contributed by atoms with E-state index >= 15 is 0 Å². The molecule has 1 aliphatic rings. The first-order chi connectivity index (χ1) is 6.20. The summed E-state index contributed by atoms with van der Waals surface area (Å²) in [4.78, 5) is 10.8. The van der Waals surface area contributed by atoms with Crippen molar-refractivity contribution >= 4 is 11.7 Å². The second-order valence-corrected chi connectivity index (χ2v) is 3.34. The molecule has 3 N–H and O–H groups in total. The zero-order chi connectivity index (χ0) is 9.42. The molecule has 0 saturated heterocycles. The van der Waals surface area contributed by atoms with Gasteiger partial charge in [-0.25, -0.2) is 0 Å². The molecule has 0 saturated carbocycles. The minimum Gasteiger partial charge on any atom is -0.481 e. The molecule has 1 aromatic carbocycles. The lowest BCUT2D eigenvalue weighted by Crippen LogP contribution is -2.07. The van der Waals surface area contributed by atoms with E-state index in [0.717, 1.165) is 23.2 Å². The molecule has 68 valence electrons. The number of fused-ring (bicyclic) bond motifs is 1. The predicted octanol–water partition coefficient (Wildman–Crippen LogP) is 1.38. The Balaban J connectivity index is 2.49. The molecule has 0 fully saturated rings. The average Bonchev–Trinajstić information content (AvgIpc) is 2.48. The normalized spacial score (nSPS) is 19.8. The first-order valence-electron chi connectivity index (χ1n) is 4.30. The number of anilines is 1. The molecule has 0 spiro atoms. The van der Waals surface area contributed by atoms with E-state index in [2.05, 4.69) is 0 Å².